The number of nitrogens with zero attached hydrogens (tertiary/aromatic N) is 1. The molecule has 0 spiro atoms. The van der Waals surface area contributed by atoms with Gasteiger partial charge in [-0.2, -0.15) is 0 Å². The van der Waals surface area contributed by atoms with Crippen LogP contribution in [0.5, 0.6) is 0 Å². The largest absolute Gasteiger partial charge is 0.459 e. The van der Waals surface area contributed by atoms with Gasteiger partial charge in [-0.05, 0) is 18.6 Å². The van der Waals surface area contributed by atoms with Crippen molar-refractivity contribution in [2.24, 2.45) is 0 Å². The van der Waals surface area contributed by atoms with Crippen LogP contribution in [0.3, 0.4) is 0 Å². The summed E-state index contributed by atoms with van der Waals surface area (Å²) in [5.41, 5.74) is 0. The molecule has 1 rings (SSSR count). The number of carbonyl (C=O) groups is 2. The Balaban J connectivity index is 2.15. The van der Waals surface area contributed by atoms with Crippen LogP contribution in [0, 0.1) is 0 Å². The minimum Gasteiger partial charge on any atom is -0.459 e. The summed E-state index contributed by atoms with van der Waals surface area (Å²) in [5.74, 6) is -0.0637. The maximum absolute atomic E-state index is 11.5. The van der Waals surface area contributed by atoms with Gasteiger partial charge in [-0.15, -0.1) is 0 Å². The van der Waals surface area contributed by atoms with Crippen molar-refractivity contribution in [3.63, 3.8) is 0 Å². The lowest BCUT2D eigenvalue weighted by atomic mass is 10.2. The van der Waals surface area contributed by atoms with Crippen molar-refractivity contribution in [3.05, 3.63) is 24.2 Å². The van der Waals surface area contributed by atoms with Gasteiger partial charge in [0.2, 0.25) is 5.91 Å². The normalized spacial score (nSPS) is 10.1. The number of carbonyl (C=O) groups excluding carboxylic acids is 2. The highest BCUT2D eigenvalue weighted by molar-refractivity contribution is 5.91. The Labute approximate surface area is 106 Å². The second-order valence-electron chi connectivity index (χ2n) is 3.88. The van der Waals surface area contributed by atoms with Crippen LogP contribution in [-0.4, -0.2) is 48.6 Å². The first-order chi connectivity index (χ1) is 8.65. The molecule has 1 aromatic heterocycles. The molecule has 0 saturated heterocycles. The molecule has 2 amide bonds. The Hall–Kier alpha value is -1.82. The van der Waals surface area contributed by atoms with E-state index in [1.165, 1.54) is 11.2 Å². The average molecular weight is 254 g/mol. The first kappa shape index (κ1) is 14.2. The lowest BCUT2D eigenvalue weighted by Crippen LogP contribution is -2.30. The van der Waals surface area contributed by atoms with E-state index in [-0.39, 0.29) is 24.2 Å². The number of hydrogen-bond acceptors (Lipinski definition) is 4. The Morgan fingerprint density at radius 3 is 2.89 bits per heavy atom. The predicted molar refractivity (Wildman–Crippen MR) is 65.0 cm³/mol. The second-order valence-corrected chi connectivity index (χ2v) is 3.88. The molecule has 100 valence electrons. The van der Waals surface area contributed by atoms with Gasteiger partial charge in [0.1, 0.15) is 0 Å². The Morgan fingerprint density at radius 2 is 2.28 bits per heavy atom. The van der Waals surface area contributed by atoms with Crippen molar-refractivity contribution in [2.75, 3.05) is 26.7 Å². The summed E-state index contributed by atoms with van der Waals surface area (Å²) in [5, 5.41) is 11.3. The summed E-state index contributed by atoms with van der Waals surface area (Å²) in [6, 6.07) is 3.22. The minimum absolute atomic E-state index is 0.0442. The average Bonchev–Trinajstić information content (AvgIpc) is 2.88. The Bertz CT molecular complexity index is 375. The first-order valence-electron chi connectivity index (χ1n) is 5.81. The zero-order valence-electron chi connectivity index (χ0n) is 10.4. The summed E-state index contributed by atoms with van der Waals surface area (Å²) in [6.07, 6.45) is 2.33. The SMILES string of the molecule is CN(CCO)C(=O)CCCNC(=O)c1ccco1. The summed E-state index contributed by atoms with van der Waals surface area (Å²) in [7, 11) is 1.64. The topological polar surface area (TPSA) is 82.8 Å². The molecule has 0 aliphatic heterocycles. The molecule has 0 fully saturated rings. The quantitative estimate of drug-likeness (QED) is 0.683. The fourth-order valence-corrected chi connectivity index (χ4v) is 1.40. The van der Waals surface area contributed by atoms with Crippen LogP contribution >= 0.6 is 0 Å². The molecule has 0 saturated carbocycles. The zero-order chi connectivity index (χ0) is 13.4. The van der Waals surface area contributed by atoms with Crippen LogP contribution < -0.4 is 5.32 Å². The van der Waals surface area contributed by atoms with Gasteiger partial charge in [-0.1, -0.05) is 0 Å². The van der Waals surface area contributed by atoms with Crippen LogP contribution in [0.15, 0.2) is 22.8 Å². The summed E-state index contributed by atoms with van der Waals surface area (Å²) < 4.78 is 4.93. The Morgan fingerprint density at radius 1 is 1.50 bits per heavy atom. The summed E-state index contributed by atoms with van der Waals surface area (Å²) >= 11 is 0. The number of amides is 2. The van der Waals surface area contributed by atoms with Crippen molar-refractivity contribution in [2.45, 2.75) is 12.8 Å². The van der Waals surface area contributed by atoms with E-state index in [9.17, 15) is 9.59 Å². The molecule has 2 N–H and O–H groups in total. The lowest BCUT2D eigenvalue weighted by molar-refractivity contribution is -0.130. The number of aliphatic hydroxyl groups is 1. The summed E-state index contributed by atoms with van der Waals surface area (Å²) in [4.78, 5) is 24.4. The summed E-state index contributed by atoms with van der Waals surface area (Å²) in [6.45, 7) is 0.702. The number of likely N-dealkylation sites (N-methyl/N-ethyl adjacent to an activating group) is 1. The third-order valence-corrected chi connectivity index (χ3v) is 2.46. The van der Waals surface area contributed by atoms with Crippen molar-refractivity contribution >= 4 is 11.8 Å². The molecular weight excluding hydrogens is 236 g/mol. The molecule has 1 aromatic rings. The van der Waals surface area contributed by atoms with Crippen LogP contribution in [-0.2, 0) is 4.79 Å². The number of aliphatic hydroxyl groups excluding tert-OH is 1. The highest BCUT2D eigenvalue weighted by atomic mass is 16.3. The van der Waals surface area contributed by atoms with Crippen LogP contribution in [0.2, 0.25) is 0 Å². The molecule has 1 heterocycles. The maximum atomic E-state index is 11.5. The van der Waals surface area contributed by atoms with Crippen molar-refractivity contribution < 1.29 is 19.1 Å². The molecular formula is C12H18N2O4. The van der Waals surface area contributed by atoms with Gasteiger partial charge in [-0.3, -0.25) is 9.59 Å². The molecule has 18 heavy (non-hydrogen) atoms. The predicted octanol–water partition coefficient (Wildman–Crippen LogP) is 0.240. The van der Waals surface area contributed by atoms with E-state index in [1.807, 2.05) is 0 Å². The lowest BCUT2D eigenvalue weighted by Gasteiger charge is -2.15. The fourth-order valence-electron chi connectivity index (χ4n) is 1.40. The maximum Gasteiger partial charge on any atom is 0.286 e. The van der Waals surface area contributed by atoms with Crippen LogP contribution in [0.4, 0.5) is 0 Å². The van der Waals surface area contributed by atoms with E-state index in [1.54, 1.807) is 19.2 Å². The highest BCUT2D eigenvalue weighted by Crippen LogP contribution is 2.00. The highest BCUT2D eigenvalue weighted by Gasteiger charge is 2.09. The number of hydrogen-bond donors (Lipinski definition) is 2. The van der Waals surface area contributed by atoms with Gasteiger partial charge in [0.15, 0.2) is 5.76 Å². The van der Waals surface area contributed by atoms with Crippen molar-refractivity contribution in [3.8, 4) is 0 Å². The number of furan rings is 1. The van der Waals surface area contributed by atoms with E-state index in [0.29, 0.717) is 25.9 Å². The van der Waals surface area contributed by atoms with Gasteiger partial charge < -0.3 is 19.7 Å². The Kier molecular flexibility index (Phi) is 5.93. The molecule has 0 aliphatic carbocycles. The molecule has 0 radical (unpaired) electrons. The molecule has 0 aromatic carbocycles. The van der Waals surface area contributed by atoms with Gasteiger partial charge in [0.05, 0.1) is 12.9 Å². The van der Waals surface area contributed by atoms with E-state index in [0.717, 1.165) is 0 Å². The van der Waals surface area contributed by atoms with Crippen molar-refractivity contribution in [1.82, 2.24) is 10.2 Å². The van der Waals surface area contributed by atoms with Gasteiger partial charge in [0, 0.05) is 26.6 Å². The first-order valence-corrected chi connectivity index (χ1v) is 5.81. The fraction of sp³-hybridized carbons (Fsp3) is 0.500. The van der Waals surface area contributed by atoms with Crippen molar-refractivity contribution in [1.29, 1.82) is 0 Å². The third kappa shape index (κ3) is 4.58. The minimum atomic E-state index is -0.281. The molecule has 0 bridgehead atoms. The van der Waals surface area contributed by atoms with E-state index >= 15 is 0 Å². The van der Waals surface area contributed by atoms with Gasteiger partial charge in [-0.25, -0.2) is 0 Å². The molecule has 0 unspecified atom stereocenters. The monoisotopic (exact) mass is 254 g/mol. The smallest absolute Gasteiger partial charge is 0.286 e. The van der Waals surface area contributed by atoms with E-state index in [2.05, 4.69) is 5.32 Å². The number of nitrogens with one attached hydrogen (secondary N) is 1. The van der Waals surface area contributed by atoms with Crippen LogP contribution in [0.25, 0.3) is 0 Å². The van der Waals surface area contributed by atoms with Crippen LogP contribution in [0.1, 0.15) is 23.4 Å². The number of rotatable bonds is 7. The zero-order valence-corrected chi connectivity index (χ0v) is 10.4. The molecule has 0 aliphatic rings. The van der Waals surface area contributed by atoms with Gasteiger partial charge in [0.25, 0.3) is 5.91 Å². The van der Waals surface area contributed by atoms with E-state index < -0.39 is 0 Å². The molecule has 0 atom stereocenters. The standard InChI is InChI=1S/C12H18N2O4/c1-14(7-8-15)11(16)5-2-6-13-12(17)10-4-3-9-18-10/h3-4,9,15H,2,5-8H2,1H3,(H,13,17). The van der Waals surface area contributed by atoms with E-state index in [4.69, 9.17) is 9.52 Å². The third-order valence-electron chi connectivity index (χ3n) is 2.46. The second kappa shape index (κ2) is 7.50. The molecule has 6 nitrogen and oxygen atoms in total. The van der Waals surface area contributed by atoms with Gasteiger partial charge >= 0.3 is 0 Å². The molecule has 6 heteroatoms.